The third-order valence-corrected chi connectivity index (χ3v) is 5.51. The molecule has 4 heteroatoms. The van der Waals surface area contributed by atoms with Crippen molar-refractivity contribution in [3.05, 3.63) is 88.7 Å². The molecule has 0 bridgehead atoms. The highest BCUT2D eigenvalue weighted by Gasteiger charge is 2.15. The lowest BCUT2D eigenvalue weighted by molar-refractivity contribution is 0.340. The first-order chi connectivity index (χ1) is 14.6. The molecule has 0 aliphatic carbocycles. The van der Waals surface area contributed by atoms with Crippen LogP contribution in [0.5, 0.6) is 5.75 Å². The highest BCUT2D eigenvalue weighted by Crippen LogP contribution is 2.27. The Balaban J connectivity index is 1.95. The topological polar surface area (TPSA) is 44.1 Å². The van der Waals surface area contributed by atoms with E-state index in [2.05, 4.69) is 26.0 Å². The van der Waals surface area contributed by atoms with Gasteiger partial charge >= 0.3 is 0 Å². The van der Waals surface area contributed by atoms with Gasteiger partial charge in [-0.25, -0.2) is 4.98 Å². The van der Waals surface area contributed by atoms with E-state index in [4.69, 9.17) is 9.72 Å². The van der Waals surface area contributed by atoms with Gasteiger partial charge in [-0.1, -0.05) is 50.2 Å². The Morgan fingerprint density at radius 3 is 2.47 bits per heavy atom. The number of hydrogen-bond donors (Lipinski definition) is 0. The van der Waals surface area contributed by atoms with Crippen LogP contribution >= 0.6 is 0 Å². The summed E-state index contributed by atoms with van der Waals surface area (Å²) < 4.78 is 7.37. The molecule has 152 valence electrons. The third kappa shape index (κ3) is 3.73. The lowest BCUT2D eigenvalue weighted by Gasteiger charge is -2.16. The minimum Gasteiger partial charge on any atom is -0.494 e. The van der Waals surface area contributed by atoms with E-state index in [1.165, 1.54) is 5.56 Å². The molecule has 1 aromatic heterocycles. The van der Waals surface area contributed by atoms with Gasteiger partial charge in [-0.15, -0.1) is 0 Å². The number of rotatable bonds is 6. The molecule has 0 amide bonds. The molecule has 3 aromatic carbocycles. The number of para-hydroxylation sites is 1. The molecule has 1 unspecified atom stereocenters. The predicted octanol–water partition coefficient (Wildman–Crippen LogP) is 5.96. The van der Waals surface area contributed by atoms with Crippen LogP contribution in [0.1, 0.15) is 38.7 Å². The van der Waals surface area contributed by atoms with Crippen molar-refractivity contribution in [2.75, 3.05) is 6.61 Å². The zero-order valence-electron chi connectivity index (χ0n) is 17.6. The van der Waals surface area contributed by atoms with Gasteiger partial charge in [-0.2, -0.15) is 0 Å². The quantitative estimate of drug-likeness (QED) is 0.402. The normalized spacial score (nSPS) is 12.1. The van der Waals surface area contributed by atoms with Gasteiger partial charge in [0.1, 0.15) is 11.6 Å². The first kappa shape index (κ1) is 19.9. The predicted molar refractivity (Wildman–Crippen MR) is 123 cm³/mol. The summed E-state index contributed by atoms with van der Waals surface area (Å²) in [5.41, 5.74) is 3.53. The van der Waals surface area contributed by atoms with Crippen molar-refractivity contribution < 1.29 is 4.74 Å². The van der Waals surface area contributed by atoms with Crippen LogP contribution in [0.15, 0.2) is 77.6 Å². The van der Waals surface area contributed by atoms with E-state index in [-0.39, 0.29) is 5.56 Å². The molecule has 0 saturated carbocycles. The number of benzene rings is 3. The zero-order chi connectivity index (χ0) is 21.1. The molecular formula is C26H26N2O2. The summed E-state index contributed by atoms with van der Waals surface area (Å²) in [4.78, 5) is 18.4. The summed E-state index contributed by atoms with van der Waals surface area (Å²) in [6.45, 7) is 6.93. The molecule has 0 spiro atoms. The van der Waals surface area contributed by atoms with Gasteiger partial charge in [-0.05, 0) is 61.2 Å². The van der Waals surface area contributed by atoms with E-state index in [9.17, 15) is 4.79 Å². The Morgan fingerprint density at radius 1 is 0.967 bits per heavy atom. The minimum absolute atomic E-state index is 0.0753. The Morgan fingerprint density at radius 2 is 1.73 bits per heavy atom. The van der Waals surface area contributed by atoms with Crippen LogP contribution < -0.4 is 10.3 Å². The third-order valence-electron chi connectivity index (χ3n) is 5.51. The van der Waals surface area contributed by atoms with Crippen LogP contribution in [0.25, 0.3) is 28.0 Å². The second-order valence-corrected chi connectivity index (χ2v) is 7.45. The van der Waals surface area contributed by atoms with Gasteiger partial charge < -0.3 is 4.74 Å². The summed E-state index contributed by atoms with van der Waals surface area (Å²) in [7, 11) is 0. The molecule has 0 saturated heterocycles. The van der Waals surface area contributed by atoms with Crippen LogP contribution in [0.3, 0.4) is 0 Å². The molecule has 0 aliphatic heterocycles. The second kappa shape index (κ2) is 8.54. The average molecular weight is 399 g/mol. The summed E-state index contributed by atoms with van der Waals surface area (Å²) in [6.07, 6.45) is 1.08. The van der Waals surface area contributed by atoms with Crippen molar-refractivity contribution in [2.24, 2.45) is 0 Å². The first-order valence-corrected chi connectivity index (χ1v) is 10.5. The Hall–Kier alpha value is -3.40. The van der Waals surface area contributed by atoms with E-state index in [1.807, 2.05) is 67.6 Å². The van der Waals surface area contributed by atoms with Crippen molar-refractivity contribution in [2.45, 2.75) is 33.1 Å². The molecule has 4 aromatic rings. The maximum absolute atomic E-state index is 13.5. The Labute approximate surface area is 176 Å². The van der Waals surface area contributed by atoms with E-state index in [0.717, 1.165) is 23.4 Å². The standard InChI is InChI=1S/C26H26N2O2/c1-4-18(3)19-13-15-21(16-14-19)28-25(20-9-8-10-22(17-20)30-5-2)27-24-12-7-6-11-23(24)26(28)29/h6-18H,4-5H2,1-3H3. The van der Waals surface area contributed by atoms with Crippen molar-refractivity contribution in [3.8, 4) is 22.8 Å². The molecule has 0 fully saturated rings. The fourth-order valence-electron chi connectivity index (χ4n) is 3.65. The number of ether oxygens (including phenoxy) is 1. The van der Waals surface area contributed by atoms with Crippen LogP contribution in [0.4, 0.5) is 0 Å². The van der Waals surface area contributed by atoms with Crippen molar-refractivity contribution in [3.63, 3.8) is 0 Å². The molecule has 4 rings (SSSR count). The largest absolute Gasteiger partial charge is 0.494 e. The smallest absolute Gasteiger partial charge is 0.266 e. The molecule has 0 aliphatic rings. The van der Waals surface area contributed by atoms with Crippen molar-refractivity contribution in [1.82, 2.24) is 9.55 Å². The van der Waals surface area contributed by atoms with Gasteiger partial charge in [0.15, 0.2) is 0 Å². The van der Waals surface area contributed by atoms with E-state index in [0.29, 0.717) is 29.3 Å². The van der Waals surface area contributed by atoms with Crippen LogP contribution in [-0.2, 0) is 0 Å². The molecular weight excluding hydrogens is 372 g/mol. The monoisotopic (exact) mass is 398 g/mol. The maximum Gasteiger partial charge on any atom is 0.266 e. The Bertz CT molecular complexity index is 1230. The highest BCUT2D eigenvalue weighted by atomic mass is 16.5. The molecule has 1 heterocycles. The SMILES string of the molecule is CCOc1cccc(-c2nc3ccccc3c(=O)n2-c2ccc(C(C)CC)cc2)c1. The van der Waals surface area contributed by atoms with Crippen molar-refractivity contribution >= 4 is 10.9 Å². The first-order valence-electron chi connectivity index (χ1n) is 10.5. The lowest BCUT2D eigenvalue weighted by Crippen LogP contribution is -2.22. The van der Waals surface area contributed by atoms with Gasteiger partial charge in [0.05, 0.1) is 23.2 Å². The van der Waals surface area contributed by atoms with Crippen molar-refractivity contribution in [1.29, 1.82) is 0 Å². The average Bonchev–Trinajstić information content (AvgIpc) is 2.79. The summed E-state index contributed by atoms with van der Waals surface area (Å²) in [5.74, 6) is 1.85. The van der Waals surface area contributed by atoms with Gasteiger partial charge in [0.2, 0.25) is 0 Å². The van der Waals surface area contributed by atoms with Gasteiger partial charge in [0.25, 0.3) is 5.56 Å². The maximum atomic E-state index is 13.5. The molecule has 0 radical (unpaired) electrons. The molecule has 1 atom stereocenters. The lowest BCUT2D eigenvalue weighted by atomic mass is 9.98. The second-order valence-electron chi connectivity index (χ2n) is 7.45. The minimum atomic E-state index is -0.0753. The summed E-state index contributed by atoms with van der Waals surface area (Å²) >= 11 is 0. The number of aromatic nitrogens is 2. The number of hydrogen-bond acceptors (Lipinski definition) is 3. The molecule has 0 N–H and O–H groups in total. The number of nitrogens with zero attached hydrogens (tertiary/aromatic N) is 2. The van der Waals surface area contributed by atoms with Crippen LogP contribution in [0.2, 0.25) is 0 Å². The van der Waals surface area contributed by atoms with Crippen LogP contribution in [0, 0.1) is 0 Å². The summed E-state index contributed by atoms with van der Waals surface area (Å²) in [5, 5.41) is 0.605. The summed E-state index contributed by atoms with van der Waals surface area (Å²) in [6, 6.07) is 23.4. The van der Waals surface area contributed by atoms with E-state index < -0.39 is 0 Å². The van der Waals surface area contributed by atoms with Gasteiger partial charge in [0, 0.05) is 5.56 Å². The fraction of sp³-hybridized carbons (Fsp3) is 0.231. The van der Waals surface area contributed by atoms with Gasteiger partial charge in [-0.3, -0.25) is 9.36 Å². The van der Waals surface area contributed by atoms with Crippen LogP contribution in [-0.4, -0.2) is 16.2 Å². The van der Waals surface area contributed by atoms with E-state index >= 15 is 0 Å². The molecule has 30 heavy (non-hydrogen) atoms. The molecule has 4 nitrogen and oxygen atoms in total. The van der Waals surface area contributed by atoms with E-state index in [1.54, 1.807) is 4.57 Å². The zero-order valence-corrected chi connectivity index (χ0v) is 17.6. The number of fused-ring (bicyclic) bond motifs is 1. The Kier molecular flexibility index (Phi) is 5.66. The highest BCUT2D eigenvalue weighted by molar-refractivity contribution is 5.80. The fourth-order valence-corrected chi connectivity index (χ4v) is 3.65.